The Morgan fingerprint density at radius 1 is 1.48 bits per heavy atom. The molecule has 0 fully saturated rings. The molecule has 0 saturated heterocycles. The van der Waals surface area contributed by atoms with E-state index in [-0.39, 0.29) is 16.6 Å². The van der Waals surface area contributed by atoms with Crippen molar-refractivity contribution in [3.8, 4) is 11.5 Å². The number of hydrogen-bond acceptors (Lipinski definition) is 7. The topological polar surface area (TPSA) is 110 Å². The lowest BCUT2D eigenvalue weighted by Gasteiger charge is -2.05. The minimum Gasteiger partial charge on any atom is -0.504 e. The van der Waals surface area contributed by atoms with Crippen molar-refractivity contribution < 1.29 is 14.6 Å². The van der Waals surface area contributed by atoms with Crippen LogP contribution in [0.15, 0.2) is 30.5 Å². The van der Waals surface area contributed by atoms with E-state index in [1.165, 1.54) is 12.3 Å². The molecule has 0 aliphatic carbocycles. The van der Waals surface area contributed by atoms with Crippen LogP contribution >= 0.6 is 11.6 Å². The molecule has 112 valence electrons. The summed E-state index contributed by atoms with van der Waals surface area (Å²) in [5.41, 5.74) is 2.58. The number of halogens is 1. The number of para-hydroxylation sites is 1. The standard InChI is InChI=1S/C9H10O3.C4H5ClN4/c1-2-12-8-5-3-4-7(6-10)9(8)11;5-4-7-2-1-3(8-4)9-6/h3-6,11H,2H2,1H3;1-2H,6H2,(H,7,8,9). The van der Waals surface area contributed by atoms with Crippen molar-refractivity contribution in [2.45, 2.75) is 6.92 Å². The van der Waals surface area contributed by atoms with Crippen molar-refractivity contribution in [3.05, 3.63) is 41.3 Å². The van der Waals surface area contributed by atoms with Crippen LogP contribution in [-0.4, -0.2) is 28.0 Å². The average molecular weight is 311 g/mol. The number of nitrogens with two attached hydrogens (primary N) is 1. The summed E-state index contributed by atoms with van der Waals surface area (Å²) in [5.74, 6) is 5.79. The van der Waals surface area contributed by atoms with Gasteiger partial charge in [-0.05, 0) is 30.7 Å². The van der Waals surface area contributed by atoms with E-state index < -0.39 is 0 Å². The van der Waals surface area contributed by atoms with Crippen molar-refractivity contribution in [2.75, 3.05) is 12.0 Å². The molecule has 2 rings (SSSR count). The molecule has 0 aliphatic rings. The summed E-state index contributed by atoms with van der Waals surface area (Å²) in [6.45, 7) is 2.28. The highest BCUT2D eigenvalue weighted by Gasteiger charge is 2.05. The lowest BCUT2D eigenvalue weighted by molar-refractivity contribution is 0.112. The Morgan fingerprint density at radius 2 is 2.24 bits per heavy atom. The number of rotatable bonds is 4. The fourth-order valence-electron chi connectivity index (χ4n) is 1.32. The highest BCUT2D eigenvalue weighted by atomic mass is 35.5. The zero-order valence-electron chi connectivity index (χ0n) is 11.3. The zero-order chi connectivity index (χ0) is 15.7. The smallest absolute Gasteiger partial charge is 0.224 e. The van der Waals surface area contributed by atoms with E-state index in [9.17, 15) is 9.90 Å². The number of phenols is 1. The van der Waals surface area contributed by atoms with E-state index >= 15 is 0 Å². The molecule has 0 amide bonds. The van der Waals surface area contributed by atoms with Gasteiger partial charge in [-0.3, -0.25) is 4.79 Å². The van der Waals surface area contributed by atoms with Crippen molar-refractivity contribution in [1.82, 2.24) is 9.97 Å². The number of benzene rings is 1. The Balaban J connectivity index is 0.000000219. The van der Waals surface area contributed by atoms with Crippen LogP contribution < -0.4 is 16.0 Å². The molecule has 7 nitrogen and oxygen atoms in total. The van der Waals surface area contributed by atoms with E-state index in [0.717, 1.165) is 0 Å². The molecule has 0 bridgehead atoms. The van der Waals surface area contributed by atoms with Gasteiger partial charge in [0, 0.05) is 12.3 Å². The first-order valence-corrected chi connectivity index (χ1v) is 6.35. The van der Waals surface area contributed by atoms with Gasteiger partial charge in [-0.25, -0.2) is 10.8 Å². The van der Waals surface area contributed by atoms with Crippen LogP contribution in [-0.2, 0) is 0 Å². The molecule has 8 heteroatoms. The molecule has 4 N–H and O–H groups in total. The first kappa shape index (κ1) is 16.7. The number of nitrogen functional groups attached to an aromatic ring is 1. The van der Waals surface area contributed by atoms with Gasteiger partial charge in [0.15, 0.2) is 17.8 Å². The summed E-state index contributed by atoms with van der Waals surface area (Å²) in [6.07, 6.45) is 2.11. The summed E-state index contributed by atoms with van der Waals surface area (Å²) in [6, 6.07) is 6.43. The van der Waals surface area contributed by atoms with Crippen LogP contribution in [0.4, 0.5) is 5.82 Å². The number of ether oxygens (including phenoxy) is 1. The van der Waals surface area contributed by atoms with Gasteiger partial charge in [0.1, 0.15) is 5.82 Å². The third kappa shape index (κ3) is 5.25. The van der Waals surface area contributed by atoms with Gasteiger partial charge in [-0.1, -0.05) is 6.07 Å². The molecule has 0 unspecified atom stereocenters. The number of anilines is 1. The Hall–Kier alpha value is -2.38. The fraction of sp³-hybridized carbons (Fsp3) is 0.154. The highest BCUT2D eigenvalue weighted by molar-refractivity contribution is 6.28. The maximum atomic E-state index is 10.4. The predicted octanol–water partition coefficient (Wildman–Crippen LogP) is 2.02. The van der Waals surface area contributed by atoms with Crippen molar-refractivity contribution in [2.24, 2.45) is 5.84 Å². The van der Waals surface area contributed by atoms with E-state index in [0.29, 0.717) is 24.5 Å². The van der Waals surface area contributed by atoms with Gasteiger partial charge in [0.25, 0.3) is 0 Å². The van der Waals surface area contributed by atoms with Crippen molar-refractivity contribution >= 4 is 23.7 Å². The van der Waals surface area contributed by atoms with Crippen molar-refractivity contribution in [1.29, 1.82) is 0 Å². The van der Waals surface area contributed by atoms with Crippen LogP contribution in [0.2, 0.25) is 5.28 Å². The number of aromatic hydroxyl groups is 1. The summed E-state index contributed by atoms with van der Waals surface area (Å²) in [5, 5.41) is 9.55. The minimum absolute atomic E-state index is 0.0886. The minimum atomic E-state index is -0.0886. The third-order valence-electron chi connectivity index (χ3n) is 2.23. The molecular weight excluding hydrogens is 296 g/mol. The Kier molecular flexibility index (Phi) is 6.93. The second-order valence-corrected chi connectivity index (χ2v) is 3.94. The molecule has 0 saturated carbocycles. The number of nitrogens with one attached hydrogen (secondary N) is 1. The van der Waals surface area contributed by atoms with Gasteiger partial charge in [-0.15, -0.1) is 0 Å². The van der Waals surface area contributed by atoms with E-state index in [1.54, 1.807) is 18.2 Å². The second-order valence-electron chi connectivity index (χ2n) is 3.60. The summed E-state index contributed by atoms with van der Waals surface area (Å²) in [4.78, 5) is 17.7. The lowest BCUT2D eigenvalue weighted by Crippen LogP contribution is -2.08. The maximum absolute atomic E-state index is 10.4. The average Bonchev–Trinajstić information content (AvgIpc) is 2.50. The molecule has 0 atom stereocenters. The zero-order valence-corrected chi connectivity index (χ0v) is 12.0. The predicted molar refractivity (Wildman–Crippen MR) is 79.5 cm³/mol. The molecule has 21 heavy (non-hydrogen) atoms. The Bertz CT molecular complexity index is 595. The van der Waals surface area contributed by atoms with Gasteiger partial charge in [0.05, 0.1) is 12.2 Å². The van der Waals surface area contributed by atoms with Gasteiger partial charge in [0.2, 0.25) is 5.28 Å². The molecule has 0 radical (unpaired) electrons. The maximum Gasteiger partial charge on any atom is 0.224 e. The highest BCUT2D eigenvalue weighted by Crippen LogP contribution is 2.28. The monoisotopic (exact) mass is 310 g/mol. The molecule has 1 heterocycles. The van der Waals surface area contributed by atoms with Gasteiger partial charge in [-0.2, -0.15) is 4.98 Å². The molecule has 1 aromatic carbocycles. The molecule has 1 aromatic heterocycles. The first-order chi connectivity index (χ1) is 10.1. The number of carbonyl (C=O) groups excluding carboxylic acids is 1. The number of carbonyl (C=O) groups is 1. The summed E-state index contributed by atoms with van der Waals surface area (Å²) in [7, 11) is 0. The van der Waals surface area contributed by atoms with Crippen LogP contribution in [0, 0.1) is 0 Å². The normalized spacial score (nSPS) is 9.29. The van der Waals surface area contributed by atoms with E-state index in [4.69, 9.17) is 22.2 Å². The fourth-order valence-corrected chi connectivity index (χ4v) is 1.47. The van der Waals surface area contributed by atoms with Crippen LogP contribution in [0.1, 0.15) is 17.3 Å². The van der Waals surface area contributed by atoms with Crippen LogP contribution in [0.25, 0.3) is 0 Å². The second kappa shape index (κ2) is 8.72. The summed E-state index contributed by atoms with van der Waals surface area (Å²) >= 11 is 5.41. The number of hydrogen-bond donors (Lipinski definition) is 3. The van der Waals surface area contributed by atoms with E-state index in [1.807, 2.05) is 6.92 Å². The molecule has 0 aliphatic heterocycles. The number of phenolic OH excluding ortho intramolecular Hbond substituents is 1. The lowest BCUT2D eigenvalue weighted by atomic mass is 10.2. The Labute approximate surface area is 126 Å². The summed E-state index contributed by atoms with van der Waals surface area (Å²) < 4.78 is 5.07. The quantitative estimate of drug-likeness (QED) is 0.343. The van der Waals surface area contributed by atoms with Crippen molar-refractivity contribution in [3.63, 3.8) is 0 Å². The van der Waals surface area contributed by atoms with Gasteiger partial charge >= 0.3 is 0 Å². The van der Waals surface area contributed by atoms with E-state index in [2.05, 4.69) is 15.4 Å². The molecular formula is C13H15ClN4O3. The SMILES string of the molecule is CCOc1cccc(C=O)c1O.NNc1ccnc(Cl)n1. The molecule has 2 aromatic rings. The number of aldehydes is 1. The largest absolute Gasteiger partial charge is 0.504 e. The van der Waals surface area contributed by atoms with Gasteiger partial charge < -0.3 is 15.3 Å². The van der Waals surface area contributed by atoms with Crippen LogP contribution in [0.3, 0.4) is 0 Å². The number of hydrazine groups is 1. The number of nitrogens with zero attached hydrogens (tertiary/aromatic N) is 2. The first-order valence-electron chi connectivity index (χ1n) is 5.97. The Morgan fingerprint density at radius 3 is 2.76 bits per heavy atom. The third-order valence-corrected chi connectivity index (χ3v) is 2.41. The molecule has 0 spiro atoms. The van der Waals surface area contributed by atoms with Crippen LogP contribution in [0.5, 0.6) is 11.5 Å². The number of aromatic nitrogens is 2.